The number of nitrogens with zero attached hydrogens (tertiary/aromatic N) is 2. The van der Waals surface area contributed by atoms with Crippen molar-refractivity contribution in [1.29, 1.82) is 0 Å². The van der Waals surface area contributed by atoms with Crippen molar-refractivity contribution in [1.82, 2.24) is 0 Å². The van der Waals surface area contributed by atoms with Crippen molar-refractivity contribution in [3.05, 3.63) is 111 Å². The van der Waals surface area contributed by atoms with E-state index in [1.807, 2.05) is 0 Å². The largest absolute Gasteiger partial charge is 0.492 e. The lowest BCUT2D eigenvalue weighted by molar-refractivity contribution is 0.105. The Morgan fingerprint density at radius 2 is 1.16 bits per heavy atom. The highest BCUT2D eigenvalue weighted by molar-refractivity contribution is 7.91. The summed E-state index contributed by atoms with van der Waals surface area (Å²) in [4.78, 5) is 25.0. The lowest BCUT2D eigenvalue weighted by atomic mass is 9.94. The van der Waals surface area contributed by atoms with Gasteiger partial charge in [-0.25, -0.2) is 0 Å². The van der Waals surface area contributed by atoms with E-state index in [-0.39, 0.29) is 45.9 Å². The number of nitrogens with one attached hydrogen (secondary N) is 2. The third-order valence-corrected chi connectivity index (χ3v) is 9.49. The fourth-order valence-corrected chi connectivity index (χ4v) is 6.66. The molecule has 0 radical (unpaired) electrons. The topological polar surface area (TPSA) is 253 Å². The van der Waals surface area contributed by atoms with Crippen LogP contribution in [-0.4, -0.2) is 55.5 Å². The fourth-order valence-electron chi connectivity index (χ4n) is 5.34. The molecule has 51 heavy (non-hydrogen) atoms. The maximum absolute atomic E-state index is 13.2. The number of hydrazone groups is 2. The molecular weight excluding hydrogens is 701 g/mol. The molecule has 17 heteroatoms. The van der Waals surface area contributed by atoms with Gasteiger partial charge in [-0.2, -0.15) is 27.0 Å². The zero-order valence-corrected chi connectivity index (χ0v) is 28.1. The zero-order valence-electron chi connectivity index (χ0n) is 26.5. The van der Waals surface area contributed by atoms with Crippen LogP contribution in [0.25, 0.3) is 23.3 Å². The summed E-state index contributed by atoms with van der Waals surface area (Å²) >= 11 is 0. The molecule has 0 heterocycles. The van der Waals surface area contributed by atoms with Crippen LogP contribution in [-0.2, 0) is 20.2 Å². The van der Waals surface area contributed by atoms with Crippen molar-refractivity contribution in [3.63, 3.8) is 0 Å². The van der Waals surface area contributed by atoms with Crippen LogP contribution in [0.3, 0.4) is 0 Å². The number of fused-ring (bicyclic) bond motifs is 2. The van der Waals surface area contributed by atoms with Gasteiger partial charge in [-0.05, 0) is 89.9 Å². The summed E-state index contributed by atoms with van der Waals surface area (Å²) in [5.41, 5.74) is 19.3. The van der Waals surface area contributed by atoms with Crippen molar-refractivity contribution < 1.29 is 40.3 Å². The van der Waals surface area contributed by atoms with Crippen LogP contribution in [0.4, 0.5) is 22.7 Å². The Labute approximate surface area is 291 Å². The summed E-state index contributed by atoms with van der Waals surface area (Å²) in [6, 6.07) is 20.4. The van der Waals surface area contributed by atoms with Crippen LogP contribution >= 0.6 is 0 Å². The Hall–Kier alpha value is -6.14. The molecule has 4 aromatic carbocycles. The van der Waals surface area contributed by atoms with E-state index < -0.39 is 53.0 Å². The number of ketones is 2. The molecule has 0 saturated heterocycles. The number of Topliss-reactive ketones (excluding diaryl/α,β-unsaturated/α-hetero) is 2. The van der Waals surface area contributed by atoms with E-state index in [0.717, 1.165) is 12.2 Å². The summed E-state index contributed by atoms with van der Waals surface area (Å²) in [5, 5.41) is 8.06. The van der Waals surface area contributed by atoms with Gasteiger partial charge in [-0.1, -0.05) is 30.3 Å². The molecule has 0 bridgehead atoms. The summed E-state index contributed by atoms with van der Waals surface area (Å²) in [6.45, 7) is 2.00. The molecule has 4 aromatic rings. The highest BCUT2D eigenvalue weighted by Crippen LogP contribution is 2.33. The van der Waals surface area contributed by atoms with Gasteiger partial charge in [0.15, 0.2) is 11.4 Å². The van der Waals surface area contributed by atoms with Gasteiger partial charge in [0.1, 0.15) is 15.6 Å². The lowest BCUT2D eigenvalue weighted by Crippen LogP contribution is -2.27. The number of nitrogens with two attached hydrogens (primary N) is 2. The average Bonchev–Trinajstić information content (AvgIpc) is 3.07. The summed E-state index contributed by atoms with van der Waals surface area (Å²) < 4.78 is 74.0. The number of carbonyl (C=O) groups excluding carboxylic acids is 2. The Morgan fingerprint density at radius 1 is 0.667 bits per heavy atom. The molecule has 0 amide bonds. The second-order valence-corrected chi connectivity index (χ2v) is 14.0. The van der Waals surface area contributed by atoms with Crippen LogP contribution in [0, 0.1) is 0 Å². The van der Waals surface area contributed by atoms with Crippen molar-refractivity contribution in [2.75, 3.05) is 28.9 Å². The molecule has 2 aliphatic rings. The molecule has 2 aliphatic carbocycles. The Balaban J connectivity index is 1.25. The number of ether oxygens (including phenoxy) is 1. The first kappa shape index (κ1) is 34.7. The normalized spacial score (nSPS) is 15.9. The molecular formula is C34H28N6O9S2. The molecule has 260 valence electrons. The van der Waals surface area contributed by atoms with E-state index >= 15 is 0 Å². The number of hydrogen-bond donors (Lipinski definition) is 6. The second-order valence-electron chi connectivity index (χ2n) is 11.2. The first-order valence-electron chi connectivity index (χ1n) is 15.0. The molecule has 0 atom stereocenters. The SMILES string of the molecule is CCOc1cc(-c2ccc(N/N=C3\C(=O)c4cc(N)ccc4C=C3S(=O)(=O)O)cc2)ccc1N/N=C1\C(=O)c2cc(N)ccc2C=C1S(=O)(=O)O. The van der Waals surface area contributed by atoms with Crippen molar-refractivity contribution in [2.45, 2.75) is 6.92 Å². The van der Waals surface area contributed by atoms with E-state index in [2.05, 4.69) is 21.1 Å². The van der Waals surface area contributed by atoms with Crippen LogP contribution in [0.5, 0.6) is 5.75 Å². The number of rotatable bonds is 9. The lowest BCUT2D eigenvalue weighted by Gasteiger charge is -2.17. The Kier molecular flexibility index (Phi) is 9.05. The summed E-state index contributed by atoms with van der Waals surface area (Å²) in [6.07, 6.45) is 2.28. The quantitative estimate of drug-likeness (QED) is 0.0777. The minimum absolute atomic E-state index is 0.115. The van der Waals surface area contributed by atoms with Crippen LogP contribution in [0.1, 0.15) is 38.8 Å². The predicted molar refractivity (Wildman–Crippen MR) is 195 cm³/mol. The third kappa shape index (κ3) is 7.12. The fraction of sp³-hybridized carbons (Fsp3) is 0.0588. The van der Waals surface area contributed by atoms with Gasteiger partial charge >= 0.3 is 0 Å². The molecule has 0 saturated carbocycles. The van der Waals surface area contributed by atoms with Crippen molar-refractivity contribution >= 4 is 78.1 Å². The van der Waals surface area contributed by atoms with Crippen LogP contribution < -0.4 is 27.1 Å². The van der Waals surface area contributed by atoms with Gasteiger partial charge in [0, 0.05) is 22.5 Å². The van der Waals surface area contributed by atoms with Gasteiger partial charge in [0.2, 0.25) is 11.6 Å². The van der Waals surface area contributed by atoms with E-state index in [9.17, 15) is 35.5 Å². The first-order chi connectivity index (χ1) is 24.1. The van der Waals surface area contributed by atoms with Gasteiger partial charge in [-0.3, -0.25) is 29.5 Å². The summed E-state index contributed by atoms with van der Waals surface area (Å²) in [7, 11) is -9.64. The number of benzene rings is 4. The maximum Gasteiger partial charge on any atom is 0.296 e. The monoisotopic (exact) mass is 728 g/mol. The van der Waals surface area contributed by atoms with E-state index in [4.69, 9.17) is 16.2 Å². The van der Waals surface area contributed by atoms with Crippen LogP contribution in [0.15, 0.2) is 98.9 Å². The maximum atomic E-state index is 13.2. The molecule has 0 aromatic heterocycles. The highest BCUT2D eigenvalue weighted by Gasteiger charge is 2.34. The molecule has 6 rings (SSSR count). The van der Waals surface area contributed by atoms with Crippen LogP contribution in [0.2, 0.25) is 0 Å². The standard InChI is InChI=1S/C34H28N6O9S2/c1-2-49-28-13-19(7-12-27(28)38-40-32-30(51(46,47)48)15-21-4-9-23(36)17-26(21)34(32)42)18-5-10-24(11-6-18)37-39-31-29(50(43,44)45)14-20-3-8-22(35)16-25(20)33(31)41/h3-17,37-38H,2,35-36H2,1H3,(H,43,44,45)(H,46,47,48)/b39-31-,40-32-. The molecule has 0 spiro atoms. The van der Waals surface area contributed by atoms with Gasteiger partial charge in [0.05, 0.1) is 18.0 Å². The minimum atomic E-state index is -4.84. The Morgan fingerprint density at radius 3 is 1.65 bits per heavy atom. The molecule has 0 unspecified atom stereocenters. The van der Waals surface area contributed by atoms with Gasteiger partial charge in [-0.15, -0.1) is 0 Å². The Bertz CT molecular complexity index is 2490. The van der Waals surface area contributed by atoms with Gasteiger partial charge < -0.3 is 16.2 Å². The molecule has 0 aliphatic heterocycles. The molecule has 0 fully saturated rings. The van der Waals surface area contributed by atoms with Crippen molar-refractivity contribution in [2.24, 2.45) is 10.2 Å². The molecule has 15 nitrogen and oxygen atoms in total. The van der Waals surface area contributed by atoms with Gasteiger partial charge in [0.25, 0.3) is 20.2 Å². The molecule has 8 N–H and O–H groups in total. The van der Waals surface area contributed by atoms with E-state index in [0.29, 0.717) is 22.6 Å². The number of nitrogen functional groups attached to an aromatic ring is 2. The number of allylic oxidation sites excluding steroid dienone is 2. The number of anilines is 4. The minimum Gasteiger partial charge on any atom is -0.492 e. The third-order valence-electron chi connectivity index (χ3n) is 7.75. The smallest absolute Gasteiger partial charge is 0.296 e. The summed E-state index contributed by atoms with van der Waals surface area (Å²) in [5.74, 6) is -1.20. The highest BCUT2D eigenvalue weighted by atomic mass is 32.2. The van der Waals surface area contributed by atoms with Crippen molar-refractivity contribution in [3.8, 4) is 16.9 Å². The number of hydrogen-bond acceptors (Lipinski definition) is 13. The zero-order chi connectivity index (χ0) is 36.7. The van der Waals surface area contributed by atoms with E-state index in [1.165, 1.54) is 36.4 Å². The predicted octanol–water partition coefficient (Wildman–Crippen LogP) is 4.70. The average molecular weight is 729 g/mol. The second kappa shape index (κ2) is 13.3. The van der Waals surface area contributed by atoms with E-state index in [1.54, 1.807) is 49.4 Å². The first-order valence-corrected chi connectivity index (χ1v) is 17.8. The number of carbonyl (C=O) groups is 2.